The number of thiocarbonyl (C=S) groups is 1. The number of nitrogens with one attached hydrogen (secondary N) is 2. The van der Waals surface area contributed by atoms with Crippen molar-refractivity contribution in [1.29, 1.82) is 0 Å². The quantitative estimate of drug-likeness (QED) is 0.644. The highest BCUT2D eigenvalue weighted by atomic mass is 79.9. The Labute approximate surface area is 128 Å². The molecule has 2 rings (SSSR count). The molecule has 0 aliphatic heterocycles. The molecule has 0 saturated carbocycles. The Hall–Kier alpha value is -0.940. The van der Waals surface area contributed by atoms with E-state index in [-0.39, 0.29) is 0 Å². The van der Waals surface area contributed by atoms with E-state index in [9.17, 15) is 0 Å². The standard InChI is InChI=1S/C14H18BrN3S/c15-12-6-7-13(17-10-12)18-14(19)16-9-8-11-4-2-1-3-5-11/h2,4,6-7,10-11H,1,3,5,8-9H2,(H2,16,17,18,19). The molecule has 1 atom stereocenters. The smallest absolute Gasteiger partial charge is 0.171 e. The van der Waals surface area contributed by atoms with Crippen LogP contribution in [-0.4, -0.2) is 16.6 Å². The third-order valence-corrected chi connectivity index (χ3v) is 3.84. The lowest BCUT2D eigenvalue weighted by atomic mass is 9.93. The summed E-state index contributed by atoms with van der Waals surface area (Å²) in [6, 6.07) is 3.83. The third-order valence-electron chi connectivity index (χ3n) is 3.12. The Kier molecular flexibility index (Phi) is 5.79. The summed E-state index contributed by atoms with van der Waals surface area (Å²) >= 11 is 8.60. The van der Waals surface area contributed by atoms with Crippen molar-refractivity contribution in [3.05, 3.63) is 35.0 Å². The molecule has 19 heavy (non-hydrogen) atoms. The number of aromatic nitrogens is 1. The number of nitrogens with zero attached hydrogens (tertiary/aromatic N) is 1. The summed E-state index contributed by atoms with van der Waals surface area (Å²) in [6.45, 7) is 0.900. The first-order chi connectivity index (χ1) is 9.24. The maximum atomic E-state index is 5.24. The van der Waals surface area contributed by atoms with Gasteiger partial charge >= 0.3 is 0 Å². The highest BCUT2D eigenvalue weighted by molar-refractivity contribution is 9.10. The molecule has 0 radical (unpaired) electrons. The van der Waals surface area contributed by atoms with Crippen molar-refractivity contribution >= 4 is 39.1 Å². The summed E-state index contributed by atoms with van der Waals surface area (Å²) in [4.78, 5) is 4.22. The Morgan fingerprint density at radius 3 is 3.05 bits per heavy atom. The number of hydrogen-bond donors (Lipinski definition) is 2. The Balaban J connectivity index is 1.68. The van der Waals surface area contributed by atoms with E-state index in [2.05, 4.69) is 43.7 Å². The van der Waals surface area contributed by atoms with Gasteiger partial charge in [0, 0.05) is 17.2 Å². The molecular weight excluding hydrogens is 322 g/mol. The molecule has 5 heteroatoms. The van der Waals surface area contributed by atoms with Crippen molar-refractivity contribution in [2.75, 3.05) is 11.9 Å². The van der Waals surface area contributed by atoms with Crippen molar-refractivity contribution in [3.8, 4) is 0 Å². The number of pyridine rings is 1. The van der Waals surface area contributed by atoms with Crippen LogP contribution < -0.4 is 10.6 Å². The predicted octanol–water partition coefficient (Wildman–Crippen LogP) is 3.88. The number of hydrogen-bond acceptors (Lipinski definition) is 2. The first kappa shape index (κ1) is 14.5. The fourth-order valence-corrected chi connectivity index (χ4v) is 2.55. The molecule has 1 aromatic rings. The van der Waals surface area contributed by atoms with Gasteiger partial charge in [0.15, 0.2) is 5.11 Å². The van der Waals surface area contributed by atoms with E-state index in [0.717, 1.165) is 23.3 Å². The van der Waals surface area contributed by atoms with Gasteiger partial charge in [-0.2, -0.15) is 0 Å². The van der Waals surface area contributed by atoms with Gasteiger partial charge in [-0.3, -0.25) is 0 Å². The molecule has 0 spiro atoms. The van der Waals surface area contributed by atoms with E-state index in [4.69, 9.17) is 12.2 Å². The SMILES string of the molecule is S=C(NCCC1C=CCCC1)Nc1ccc(Br)cn1. The molecule has 3 nitrogen and oxygen atoms in total. The first-order valence-electron chi connectivity index (χ1n) is 6.57. The second-order valence-corrected chi connectivity index (χ2v) is 5.97. The molecule has 1 aromatic heterocycles. The minimum Gasteiger partial charge on any atom is -0.362 e. The van der Waals surface area contributed by atoms with Gasteiger partial charge in [0.05, 0.1) is 0 Å². The molecular formula is C14H18BrN3S. The van der Waals surface area contributed by atoms with Crippen LogP contribution in [0.15, 0.2) is 35.0 Å². The van der Waals surface area contributed by atoms with Crippen LogP contribution in [0.25, 0.3) is 0 Å². The molecule has 0 aromatic carbocycles. The Morgan fingerprint density at radius 2 is 2.37 bits per heavy atom. The second-order valence-electron chi connectivity index (χ2n) is 4.65. The van der Waals surface area contributed by atoms with Crippen LogP contribution in [0, 0.1) is 5.92 Å². The highest BCUT2D eigenvalue weighted by Gasteiger charge is 2.08. The molecule has 2 N–H and O–H groups in total. The van der Waals surface area contributed by atoms with Crippen LogP contribution in [0.2, 0.25) is 0 Å². The van der Waals surface area contributed by atoms with E-state index in [0.29, 0.717) is 11.0 Å². The molecule has 0 amide bonds. The molecule has 0 saturated heterocycles. The van der Waals surface area contributed by atoms with Gasteiger partial charge in [-0.05, 0) is 71.9 Å². The largest absolute Gasteiger partial charge is 0.362 e. The summed E-state index contributed by atoms with van der Waals surface area (Å²) in [7, 11) is 0. The molecule has 1 heterocycles. The Bertz CT molecular complexity index is 445. The van der Waals surface area contributed by atoms with E-state index >= 15 is 0 Å². The van der Waals surface area contributed by atoms with E-state index in [1.54, 1.807) is 6.20 Å². The number of anilines is 1. The average molecular weight is 340 g/mol. The lowest BCUT2D eigenvalue weighted by Gasteiger charge is -2.17. The summed E-state index contributed by atoms with van der Waals surface area (Å²) in [6.07, 6.45) is 11.3. The van der Waals surface area contributed by atoms with Crippen molar-refractivity contribution in [1.82, 2.24) is 10.3 Å². The molecule has 0 bridgehead atoms. The van der Waals surface area contributed by atoms with Gasteiger partial charge in [0.2, 0.25) is 0 Å². The van der Waals surface area contributed by atoms with Crippen LogP contribution in [0.3, 0.4) is 0 Å². The summed E-state index contributed by atoms with van der Waals surface area (Å²) in [5, 5.41) is 6.94. The zero-order valence-corrected chi connectivity index (χ0v) is 13.1. The lowest BCUT2D eigenvalue weighted by molar-refractivity contribution is 0.503. The number of halogens is 1. The van der Waals surface area contributed by atoms with Gasteiger partial charge in [-0.15, -0.1) is 0 Å². The number of allylic oxidation sites excluding steroid dienone is 2. The summed E-state index contributed by atoms with van der Waals surface area (Å²) in [5.41, 5.74) is 0. The summed E-state index contributed by atoms with van der Waals surface area (Å²) < 4.78 is 0.959. The van der Waals surface area contributed by atoms with E-state index in [1.807, 2.05) is 12.1 Å². The zero-order valence-electron chi connectivity index (χ0n) is 10.7. The molecule has 1 unspecified atom stereocenters. The zero-order chi connectivity index (χ0) is 13.5. The predicted molar refractivity (Wildman–Crippen MR) is 87.3 cm³/mol. The maximum absolute atomic E-state index is 5.24. The van der Waals surface area contributed by atoms with Crippen LogP contribution in [0.1, 0.15) is 25.7 Å². The monoisotopic (exact) mass is 339 g/mol. The topological polar surface area (TPSA) is 37.0 Å². The Morgan fingerprint density at radius 1 is 1.47 bits per heavy atom. The molecule has 0 fully saturated rings. The molecule has 1 aliphatic carbocycles. The minimum absolute atomic E-state index is 0.634. The minimum atomic E-state index is 0.634. The third kappa shape index (κ3) is 5.28. The first-order valence-corrected chi connectivity index (χ1v) is 7.77. The highest BCUT2D eigenvalue weighted by Crippen LogP contribution is 2.19. The van der Waals surface area contributed by atoms with Crippen LogP contribution in [0.4, 0.5) is 5.82 Å². The van der Waals surface area contributed by atoms with E-state index < -0.39 is 0 Å². The van der Waals surface area contributed by atoms with Crippen LogP contribution in [-0.2, 0) is 0 Å². The molecule has 102 valence electrons. The molecule has 1 aliphatic rings. The second kappa shape index (κ2) is 7.60. The van der Waals surface area contributed by atoms with Gasteiger partial charge in [0.1, 0.15) is 5.82 Å². The number of rotatable bonds is 4. The van der Waals surface area contributed by atoms with Crippen molar-refractivity contribution in [3.63, 3.8) is 0 Å². The van der Waals surface area contributed by atoms with Crippen LogP contribution in [0.5, 0.6) is 0 Å². The van der Waals surface area contributed by atoms with Crippen molar-refractivity contribution in [2.45, 2.75) is 25.7 Å². The maximum Gasteiger partial charge on any atom is 0.171 e. The van der Waals surface area contributed by atoms with E-state index in [1.165, 1.54) is 19.3 Å². The van der Waals surface area contributed by atoms with Gasteiger partial charge in [0.25, 0.3) is 0 Å². The van der Waals surface area contributed by atoms with Crippen molar-refractivity contribution < 1.29 is 0 Å². The van der Waals surface area contributed by atoms with Gasteiger partial charge < -0.3 is 10.6 Å². The summed E-state index contributed by atoms with van der Waals surface area (Å²) in [5.74, 6) is 1.47. The fraction of sp³-hybridized carbons (Fsp3) is 0.429. The van der Waals surface area contributed by atoms with Crippen molar-refractivity contribution in [2.24, 2.45) is 5.92 Å². The fourth-order valence-electron chi connectivity index (χ4n) is 2.10. The van der Waals surface area contributed by atoms with Crippen LogP contribution >= 0.6 is 28.1 Å². The normalized spacial score (nSPS) is 18.1. The average Bonchev–Trinajstić information content (AvgIpc) is 2.43. The lowest BCUT2D eigenvalue weighted by Crippen LogP contribution is -2.30. The van der Waals surface area contributed by atoms with Gasteiger partial charge in [-0.25, -0.2) is 4.98 Å². The van der Waals surface area contributed by atoms with Gasteiger partial charge in [-0.1, -0.05) is 12.2 Å².